The number of nitrogens with one attached hydrogen (secondary N) is 2. The molecule has 1 unspecified atom stereocenters. The fraction of sp³-hybridized carbons (Fsp3) is 0.226. The van der Waals surface area contributed by atoms with Gasteiger partial charge in [0.1, 0.15) is 24.6 Å². The zero-order chi connectivity index (χ0) is 29.7. The number of aromatic nitrogens is 4. The number of ether oxygens (including phenoxy) is 3. The minimum Gasteiger partial charge on any atom is -0.493 e. The zero-order valence-electron chi connectivity index (χ0n) is 23.7. The molecule has 2 aromatic heterocycles. The number of benzene rings is 3. The number of urea groups is 1. The van der Waals surface area contributed by atoms with Crippen molar-refractivity contribution in [2.24, 2.45) is 0 Å². The number of anilines is 2. The Morgan fingerprint density at radius 1 is 0.952 bits per heavy atom. The van der Waals surface area contributed by atoms with Gasteiger partial charge in [-0.2, -0.15) is 5.10 Å². The van der Waals surface area contributed by atoms with E-state index in [9.17, 15) is 9.18 Å². The quantitative estimate of drug-likeness (QED) is 0.188. The summed E-state index contributed by atoms with van der Waals surface area (Å²) in [5.74, 6) is 2.22. The standard InChI is InChI=1S/C31H31FN6O4/c1-5-31(2,18-32)27-17-28(38(37-27)21-11-7-6-8-12-21)36-30(39)35-20-10-9-13-22(14-20)42-29-23-15-25(40-3)26(41-4)16-24(23)33-19-34-29/h6-17,19H,5,18H2,1-4H3,(H2,35,36,39). The fourth-order valence-electron chi connectivity index (χ4n) is 4.34. The van der Waals surface area contributed by atoms with Crippen LogP contribution >= 0.6 is 0 Å². The second-order valence-corrected chi connectivity index (χ2v) is 9.82. The highest BCUT2D eigenvalue weighted by Gasteiger charge is 2.29. The summed E-state index contributed by atoms with van der Waals surface area (Å²) >= 11 is 0. The molecule has 42 heavy (non-hydrogen) atoms. The van der Waals surface area contributed by atoms with Crippen LogP contribution in [-0.2, 0) is 5.41 Å². The average molecular weight is 571 g/mol. The molecule has 0 aliphatic rings. The maximum atomic E-state index is 14.0. The van der Waals surface area contributed by atoms with Gasteiger partial charge in [-0.3, -0.25) is 9.71 Å². The van der Waals surface area contributed by atoms with Gasteiger partial charge in [0.2, 0.25) is 5.88 Å². The summed E-state index contributed by atoms with van der Waals surface area (Å²) in [5.41, 5.74) is 1.61. The normalized spacial score (nSPS) is 12.4. The van der Waals surface area contributed by atoms with Crippen LogP contribution in [0.2, 0.25) is 0 Å². The SMILES string of the molecule is CCC(C)(CF)c1cc(NC(=O)Nc2cccc(Oc3ncnc4cc(OC)c(OC)cc34)c2)n(-c2ccccc2)n1. The van der Waals surface area contributed by atoms with E-state index in [1.165, 1.54) is 6.33 Å². The number of fused-ring (bicyclic) bond motifs is 1. The van der Waals surface area contributed by atoms with Crippen molar-refractivity contribution in [1.82, 2.24) is 19.7 Å². The smallest absolute Gasteiger partial charge is 0.324 e. The second-order valence-electron chi connectivity index (χ2n) is 9.82. The third-order valence-corrected chi connectivity index (χ3v) is 7.06. The molecule has 3 aromatic carbocycles. The van der Waals surface area contributed by atoms with Gasteiger partial charge in [0.05, 0.1) is 36.5 Å². The highest BCUT2D eigenvalue weighted by atomic mass is 19.1. The molecule has 2 heterocycles. The summed E-state index contributed by atoms with van der Waals surface area (Å²) in [4.78, 5) is 21.7. The van der Waals surface area contributed by atoms with Crippen molar-refractivity contribution in [2.45, 2.75) is 25.7 Å². The van der Waals surface area contributed by atoms with Crippen molar-refractivity contribution in [3.63, 3.8) is 0 Å². The Hall–Kier alpha value is -5.19. The van der Waals surface area contributed by atoms with Crippen molar-refractivity contribution in [3.05, 3.63) is 84.8 Å². The van der Waals surface area contributed by atoms with Crippen molar-refractivity contribution in [1.29, 1.82) is 0 Å². The van der Waals surface area contributed by atoms with E-state index in [4.69, 9.17) is 14.2 Å². The summed E-state index contributed by atoms with van der Waals surface area (Å²) in [6.07, 6.45) is 1.95. The van der Waals surface area contributed by atoms with Crippen molar-refractivity contribution in [2.75, 3.05) is 31.5 Å². The van der Waals surface area contributed by atoms with Gasteiger partial charge in [-0.05, 0) is 36.8 Å². The number of para-hydroxylation sites is 1. The molecule has 5 aromatic rings. The summed E-state index contributed by atoms with van der Waals surface area (Å²) < 4.78 is 32.5. The first kappa shape index (κ1) is 28.3. The molecule has 0 saturated heterocycles. The van der Waals surface area contributed by atoms with E-state index in [1.807, 2.05) is 44.2 Å². The monoisotopic (exact) mass is 570 g/mol. The van der Waals surface area contributed by atoms with Gasteiger partial charge in [0.15, 0.2) is 11.5 Å². The molecule has 0 bridgehead atoms. The number of hydrogen-bond acceptors (Lipinski definition) is 7. The molecule has 11 heteroatoms. The highest BCUT2D eigenvalue weighted by Crippen LogP contribution is 2.36. The minimum atomic E-state index is -0.779. The largest absolute Gasteiger partial charge is 0.493 e. The molecule has 0 fully saturated rings. The molecule has 0 spiro atoms. The predicted octanol–water partition coefficient (Wildman–Crippen LogP) is 6.91. The molecule has 0 aliphatic heterocycles. The summed E-state index contributed by atoms with van der Waals surface area (Å²) in [6, 6.07) is 20.9. The first-order valence-corrected chi connectivity index (χ1v) is 13.3. The zero-order valence-corrected chi connectivity index (χ0v) is 23.7. The number of carbonyl (C=O) groups is 1. The maximum absolute atomic E-state index is 14.0. The maximum Gasteiger partial charge on any atom is 0.324 e. The van der Waals surface area contributed by atoms with Crippen LogP contribution in [-0.4, -0.2) is 46.7 Å². The summed E-state index contributed by atoms with van der Waals surface area (Å²) in [6.45, 7) is 3.15. The number of amides is 2. The van der Waals surface area contributed by atoms with Gasteiger partial charge in [-0.25, -0.2) is 19.4 Å². The Labute approximate surface area is 242 Å². The van der Waals surface area contributed by atoms with Gasteiger partial charge < -0.3 is 19.5 Å². The van der Waals surface area contributed by atoms with Gasteiger partial charge >= 0.3 is 6.03 Å². The van der Waals surface area contributed by atoms with E-state index < -0.39 is 18.1 Å². The number of rotatable bonds is 10. The Bertz CT molecular complexity index is 1710. The number of alkyl halides is 1. The van der Waals surface area contributed by atoms with Gasteiger partial charge in [0, 0.05) is 29.3 Å². The van der Waals surface area contributed by atoms with Crippen molar-refractivity contribution >= 4 is 28.4 Å². The molecule has 1 atom stereocenters. The van der Waals surface area contributed by atoms with Crippen LogP contribution in [0.4, 0.5) is 20.7 Å². The molecule has 5 rings (SSSR count). The molecule has 2 N–H and O–H groups in total. The van der Waals surface area contributed by atoms with Crippen LogP contribution in [0.25, 0.3) is 16.6 Å². The third kappa shape index (κ3) is 5.80. The molecule has 10 nitrogen and oxygen atoms in total. The molecule has 216 valence electrons. The van der Waals surface area contributed by atoms with E-state index in [-0.39, 0.29) is 0 Å². The highest BCUT2D eigenvalue weighted by molar-refractivity contribution is 5.99. The number of carbonyl (C=O) groups excluding carboxylic acids is 1. The molecule has 0 aliphatic carbocycles. The molecular weight excluding hydrogens is 539 g/mol. The molecule has 0 saturated carbocycles. The van der Waals surface area contributed by atoms with E-state index in [1.54, 1.807) is 61.4 Å². The Kier molecular flexibility index (Phi) is 8.19. The number of halogens is 1. The van der Waals surface area contributed by atoms with Crippen molar-refractivity contribution < 1.29 is 23.4 Å². The van der Waals surface area contributed by atoms with Crippen molar-refractivity contribution in [3.8, 4) is 28.8 Å². The average Bonchev–Trinajstić information content (AvgIpc) is 3.44. The van der Waals surface area contributed by atoms with Gasteiger partial charge in [-0.1, -0.05) is 38.1 Å². The molecule has 0 radical (unpaired) electrons. The topological polar surface area (TPSA) is 112 Å². The van der Waals surface area contributed by atoms with E-state index in [2.05, 4.69) is 25.7 Å². The first-order chi connectivity index (χ1) is 20.4. The Morgan fingerprint density at radius 3 is 2.43 bits per heavy atom. The first-order valence-electron chi connectivity index (χ1n) is 13.3. The van der Waals surface area contributed by atoms with E-state index in [0.29, 0.717) is 57.7 Å². The van der Waals surface area contributed by atoms with Crippen LogP contribution in [0.1, 0.15) is 26.0 Å². The fourth-order valence-corrected chi connectivity index (χ4v) is 4.34. The lowest BCUT2D eigenvalue weighted by molar-refractivity contribution is 0.262. The lowest BCUT2D eigenvalue weighted by Crippen LogP contribution is -2.24. The number of nitrogens with zero attached hydrogens (tertiary/aromatic N) is 4. The molecule has 2 amide bonds. The van der Waals surface area contributed by atoms with Gasteiger partial charge in [0.25, 0.3) is 0 Å². The van der Waals surface area contributed by atoms with Crippen LogP contribution in [0.15, 0.2) is 79.1 Å². The number of hydrogen-bond donors (Lipinski definition) is 2. The second kappa shape index (κ2) is 12.1. The van der Waals surface area contributed by atoms with Crippen LogP contribution in [0, 0.1) is 0 Å². The summed E-state index contributed by atoms with van der Waals surface area (Å²) in [7, 11) is 3.10. The summed E-state index contributed by atoms with van der Waals surface area (Å²) in [5, 5.41) is 11.0. The Balaban J connectivity index is 1.37. The molecular formula is C31H31FN6O4. The van der Waals surface area contributed by atoms with Crippen LogP contribution < -0.4 is 24.8 Å². The van der Waals surface area contributed by atoms with Crippen LogP contribution in [0.5, 0.6) is 23.1 Å². The van der Waals surface area contributed by atoms with Gasteiger partial charge in [-0.15, -0.1) is 0 Å². The minimum absolute atomic E-state index is 0.314. The van der Waals surface area contributed by atoms with E-state index >= 15 is 0 Å². The predicted molar refractivity (Wildman–Crippen MR) is 159 cm³/mol. The Morgan fingerprint density at radius 2 is 1.71 bits per heavy atom. The lowest BCUT2D eigenvalue weighted by atomic mass is 9.86. The van der Waals surface area contributed by atoms with E-state index in [0.717, 1.165) is 5.69 Å². The van der Waals surface area contributed by atoms with Crippen LogP contribution in [0.3, 0.4) is 0 Å². The third-order valence-electron chi connectivity index (χ3n) is 7.06. The number of methoxy groups -OCH3 is 2. The lowest BCUT2D eigenvalue weighted by Gasteiger charge is -2.21.